The lowest BCUT2D eigenvalue weighted by atomic mass is 9.96. The highest BCUT2D eigenvalue weighted by Crippen LogP contribution is 2.21. The maximum Gasteiger partial charge on any atom is 0.255 e. The molecule has 2 amide bonds. The number of anilines is 1. The van der Waals surface area contributed by atoms with E-state index in [1.54, 1.807) is 11.1 Å². The van der Waals surface area contributed by atoms with Gasteiger partial charge in [0.2, 0.25) is 5.91 Å². The SMILES string of the molecule is C[C@@H]1CN(c2ccc(C(=O)N3CCC(C(N)=O)CC3)cn2)C[C@@H](C)O1. The standard InChI is InChI=1S/C18H26N4O3/c1-12-10-22(11-13(2)25-12)16-4-3-15(9-20-16)18(24)21-7-5-14(6-8-21)17(19)23/h3-4,9,12-14H,5-8,10-11H2,1-2H3,(H2,19,23)/t12-,13-/m1/s1. The summed E-state index contributed by atoms with van der Waals surface area (Å²) >= 11 is 0. The van der Waals surface area contributed by atoms with Crippen LogP contribution in [-0.4, -0.2) is 60.1 Å². The Labute approximate surface area is 148 Å². The molecule has 3 rings (SSSR count). The summed E-state index contributed by atoms with van der Waals surface area (Å²) in [6, 6.07) is 3.73. The van der Waals surface area contributed by atoms with Crippen molar-refractivity contribution in [2.24, 2.45) is 11.7 Å². The van der Waals surface area contributed by atoms with Crippen molar-refractivity contribution in [3.63, 3.8) is 0 Å². The Hall–Kier alpha value is -2.15. The molecule has 1 aromatic rings. The summed E-state index contributed by atoms with van der Waals surface area (Å²) < 4.78 is 5.74. The third-order valence-corrected chi connectivity index (χ3v) is 4.92. The van der Waals surface area contributed by atoms with E-state index in [0.717, 1.165) is 18.9 Å². The monoisotopic (exact) mass is 346 g/mol. The zero-order valence-corrected chi connectivity index (χ0v) is 14.9. The summed E-state index contributed by atoms with van der Waals surface area (Å²) in [6.45, 7) is 6.82. The minimum Gasteiger partial charge on any atom is -0.372 e. The van der Waals surface area contributed by atoms with E-state index in [-0.39, 0.29) is 29.9 Å². The van der Waals surface area contributed by atoms with E-state index in [9.17, 15) is 9.59 Å². The molecule has 2 atom stereocenters. The van der Waals surface area contributed by atoms with Crippen LogP contribution in [0.4, 0.5) is 5.82 Å². The summed E-state index contributed by atoms with van der Waals surface area (Å²) in [5.41, 5.74) is 5.92. The normalized spacial score (nSPS) is 25.0. The lowest BCUT2D eigenvalue weighted by Crippen LogP contribution is -2.45. The molecule has 2 aliphatic rings. The summed E-state index contributed by atoms with van der Waals surface area (Å²) in [6.07, 6.45) is 3.24. The number of likely N-dealkylation sites (tertiary alicyclic amines) is 1. The van der Waals surface area contributed by atoms with Crippen LogP contribution in [0.2, 0.25) is 0 Å². The number of nitrogens with zero attached hydrogens (tertiary/aromatic N) is 3. The number of aromatic nitrogens is 1. The van der Waals surface area contributed by atoms with Gasteiger partial charge in [-0.3, -0.25) is 9.59 Å². The van der Waals surface area contributed by atoms with Crippen molar-refractivity contribution in [3.05, 3.63) is 23.9 Å². The van der Waals surface area contributed by atoms with Crippen LogP contribution in [0.15, 0.2) is 18.3 Å². The van der Waals surface area contributed by atoms with Crippen molar-refractivity contribution in [1.82, 2.24) is 9.88 Å². The van der Waals surface area contributed by atoms with Crippen LogP contribution in [0.5, 0.6) is 0 Å². The second-order valence-electron chi connectivity index (χ2n) is 7.04. The first-order chi connectivity index (χ1) is 11.9. The van der Waals surface area contributed by atoms with Crippen LogP contribution in [0.1, 0.15) is 37.0 Å². The van der Waals surface area contributed by atoms with Gasteiger partial charge in [-0.15, -0.1) is 0 Å². The lowest BCUT2D eigenvalue weighted by molar-refractivity contribution is -0.123. The van der Waals surface area contributed by atoms with Gasteiger partial charge in [0.05, 0.1) is 17.8 Å². The quantitative estimate of drug-likeness (QED) is 0.883. The van der Waals surface area contributed by atoms with E-state index >= 15 is 0 Å². The number of nitrogens with two attached hydrogens (primary N) is 1. The highest BCUT2D eigenvalue weighted by molar-refractivity contribution is 5.94. The minimum absolute atomic E-state index is 0.0364. The van der Waals surface area contributed by atoms with Gasteiger partial charge in [0.25, 0.3) is 5.91 Å². The Bertz CT molecular complexity index is 616. The second kappa shape index (κ2) is 7.39. The fourth-order valence-corrected chi connectivity index (χ4v) is 3.61. The fraction of sp³-hybridized carbons (Fsp3) is 0.611. The molecule has 2 saturated heterocycles. The number of pyridine rings is 1. The molecule has 3 heterocycles. The molecule has 0 bridgehead atoms. The average molecular weight is 346 g/mol. The first-order valence-electron chi connectivity index (χ1n) is 8.89. The highest BCUT2D eigenvalue weighted by Gasteiger charge is 2.27. The number of carbonyl (C=O) groups is 2. The van der Waals surface area contributed by atoms with Gasteiger partial charge in [-0.2, -0.15) is 0 Å². The van der Waals surface area contributed by atoms with Crippen molar-refractivity contribution < 1.29 is 14.3 Å². The Balaban J connectivity index is 1.62. The number of amides is 2. The molecule has 0 aromatic carbocycles. The van der Waals surface area contributed by atoms with E-state index in [1.807, 2.05) is 12.1 Å². The average Bonchev–Trinajstić information content (AvgIpc) is 2.60. The molecular weight excluding hydrogens is 320 g/mol. The smallest absolute Gasteiger partial charge is 0.255 e. The van der Waals surface area contributed by atoms with E-state index in [0.29, 0.717) is 31.5 Å². The van der Waals surface area contributed by atoms with Crippen molar-refractivity contribution in [2.45, 2.75) is 38.9 Å². The predicted molar refractivity (Wildman–Crippen MR) is 94.3 cm³/mol. The molecular formula is C18H26N4O3. The number of ether oxygens (including phenoxy) is 1. The number of hydrogen-bond donors (Lipinski definition) is 1. The van der Waals surface area contributed by atoms with Crippen LogP contribution >= 0.6 is 0 Å². The minimum atomic E-state index is -0.271. The maximum absolute atomic E-state index is 12.6. The van der Waals surface area contributed by atoms with Crippen LogP contribution in [0, 0.1) is 5.92 Å². The molecule has 7 nitrogen and oxygen atoms in total. The largest absolute Gasteiger partial charge is 0.372 e. The Morgan fingerprint density at radius 2 is 1.80 bits per heavy atom. The van der Waals surface area contributed by atoms with Crippen LogP contribution in [0.25, 0.3) is 0 Å². The maximum atomic E-state index is 12.6. The Morgan fingerprint density at radius 1 is 1.16 bits per heavy atom. The van der Waals surface area contributed by atoms with Gasteiger partial charge in [0.15, 0.2) is 0 Å². The number of piperidine rings is 1. The van der Waals surface area contributed by atoms with Gasteiger partial charge in [0.1, 0.15) is 5.82 Å². The molecule has 7 heteroatoms. The summed E-state index contributed by atoms with van der Waals surface area (Å²) in [4.78, 5) is 32.3. The van der Waals surface area contributed by atoms with Gasteiger partial charge in [-0.1, -0.05) is 0 Å². The third kappa shape index (κ3) is 4.10. The lowest BCUT2D eigenvalue weighted by Gasteiger charge is -2.36. The molecule has 2 N–H and O–H groups in total. The summed E-state index contributed by atoms with van der Waals surface area (Å²) in [5.74, 6) is 0.443. The number of primary amides is 1. The molecule has 0 saturated carbocycles. The number of hydrogen-bond acceptors (Lipinski definition) is 5. The van der Waals surface area contributed by atoms with Gasteiger partial charge < -0.3 is 20.3 Å². The zero-order valence-electron chi connectivity index (χ0n) is 14.9. The number of rotatable bonds is 3. The fourth-order valence-electron chi connectivity index (χ4n) is 3.61. The topological polar surface area (TPSA) is 88.8 Å². The zero-order chi connectivity index (χ0) is 18.0. The van der Waals surface area contributed by atoms with E-state index < -0.39 is 0 Å². The molecule has 136 valence electrons. The van der Waals surface area contributed by atoms with Gasteiger partial charge in [-0.25, -0.2) is 4.98 Å². The summed E-state index contributed by atoms with van der Waals surface area (Å²) in [5, 5.41) is 0. The second-order valence-corrected chi connectivity index (χ2v) is 7.04. The number of morpholine rings is 1. The van der Waals surface area contributed by atoms with Crippen molar-refractivity contribution in [1.29, 1.82) is 0 Å². The van der Waals surface area contributed by atoms with Gasteiger partial charge >= 0.3 is 0 Å². The van der Waals surface area contributed by atoms with Crippen molar-refractivity contribution in [3.8, 4) is 0 Å². The predicted octanol–water partition coefficient (Wildman–Crippen LogP) is 1.03. The molecule has 0 radical (unpaired) electrons. The van der Waals surface area contributed by atoms with Crippen LogP contribution < -0.4 is 10.6 Å². The van der Waals surface area contributed by atoms with Crippen molar-refractivity contribution in [2.75, 3.05) is 31.1 Å². The third-order valence-electron chi connectivity index (χ3n) is 4.92. The van der Waals surface area contributed by atoms with E-state index in [4.69, 9.17) is 10.5 Å². The Kier molecular flexibility index (Phi) is 5.22. The van der Waals surface area contributed by atoms with Gasteiger partial charge in [0, 0.05) is 38.3 Å². The first-order valence-corrected chi connectivity index (χ1v) is 8.89. The molecule has 25 heavy (non-hydrogen) atoms. The molecule has 2 fully saturated rings. The highest BCUT2D eigenvalue weighted by atomic mass is 16.5. The Morgan fingerprint density at radius 3 is 2.32 bits per heavy atom. The first kappa shape index (κ1) is 17.7. The van der Waals surface area contributed by atoms with E-state index in [2.05, 4.69) is 23.7 Å². The van der Waals surface area contributed by atoms with E-state index in [1.165, 1.54) is 0 Å². The molecule has 0 aliphatic carbocycles. The molecule has 0 unspecified atom stereocenters. The number of carbonyl (C=O) groups excluding carboxylic acids is 2. The molecule has 1 aromatic heterocycles. The van der Waals surface area contributed by atoms with Gasteiger partial charge in [-0.05, 0) is 38.8 Å². The van der Waals surface area contributed by atoms with Crippen LogP contribution in [-0.2, 0) is 9.53 Å². The molecule has 0 spiro atoms. The van der Waals surface area contributed by atoms with Crippen LogP contribution in [0.3, 0.4) is 0 Å². The summed E-state index contributed by atoms with van der Waals surface area (Å²) in [7, 11) is 0. The van der Waals surface area contributed by atoms with Crippen molar-refractivity contribution >= 4 is 17.6 Å². The molecule has 2 aliphatic heterocycles.